The summed E-state index contributed by atoms with van der Waals surface area (Å²) in [6.45, 7) is 9.36. The van der Waals surface area contributed by atoms with Gasteiger partial charge in [0, 0.05) is 6.54 Å². The van der Waals surface area contributed by atoms with E-state index in [2.05, 4.69) is 33.0 Å². The molecule has 0 bridgehead atoms. The molecule has 1 fully saturated rings. The minimum Gasteiger partial charge on any atom is -0.354 e. The molecular formula is C9H17NO. The molecule has 0 saturated carbocycles. The number of amides is 1. The van der Waals surface area contributed by atoms with Crippen molar-refractivity contribution in [3.05, 3.63) is 0 Å². The van der Waals surface area contributed by atoms with Gasteiger partial charge in [-0.15, -0.1) is 0 Å². The summed E-state index contributed by atoms with van der Waals surface area (Å²) < 4.78 is 0. The van der Waals surface area contributed by atoms with Gasteiger partial charge >= 0.3 is 0 Å². The lowest BCUT2D eigenvalue weighted by Gasteiger charge is -2.47. The lowest BCUT2D eigenvalue weighted by molar-refractivity contribution is -0.148. The van der Waals surface area contributed by atoms with Crippen molar-refractivity contribution in [2.45, 2.75) is 27.7 Å². The maximum Gasteiger partial charge on any atom is 0.228 e. The summed E-state index contributed by atoms with van der Waals surface area (Å²) in [4.78, 5) is 11.3. The van der Waals surface area contributed by atoms with Gasteiger partial charge in [-0.25, -0.2) is 0 Å². The molecular weight excluding hydrogens is 138 g/mol. The monoisotopic (exact) mass is 155 g/mol. The molecule has 0 aliphatic carbocycles. The highest BCUT2D eigenvalue weighted by Crippen LogP contribution is 2.40. The summed E-state index contributed by atoms with van der Waals surface area (Å²) in [6, 6.07) is 0. The van der Waals surface area contributed by atoms with E-state index in [9.17, 15) is 4.79 Å². The molecule has 1 N–H and O–H groups in total. The van der Waals surface area contributed by atoms with E-state index in [1.165, 1.54) is 0 Å². The number of β-lactam (4-membered cyclic amide) rings is 1. The Labute approximate surface area is 68.4 Å². The number of carbonyl (C=O) groups is 1. The molecule has 1 aliphatic heterocycles. The van der Waals surface area contributed by atoms with Crippen LogP contribution < -0.4 is 5.32 Å². The van der Waals surface area contributed by atoms with Gasteiger partial charge in [-0.1, -0.05) is 27.7 Å². The van der Waals surface area contributed by atoms with Crippen LogP contribution in [0.15, 0.2) is 0 Å². The second-order valence-electron chi connectivity index (χ2n) is 4.03. The van der Waals surface area contributed by atoms with E-state index in [0.29, 0.717) is 11.8 Å². The van der Waals surface area contributed by atoms with Crippen LogP contribution in [0.25, 0.3) is 0 Å². The molecule has 1 saturated heterocycles. The predicted molar refractivity (Wildman–Crippen MR) is 45.1 cm³/mol. The molecule has 1 aliphatic rings. The summed E-state index contributed by atoms with van der Waals surface area (Å²) in [5.74, 6) is 1.15. The van der Waals surface area contributed by atoms with E-state index in [4.69, 9.17) is 0 Å². The Morgan fingerprint density at radius 2 is 1.73 bits per heavy atom. The third-order valence-corrected chi connectivity index (χ3v) is 3.02. The quantitative estimate of drug-likeness (QED) is 0.600. The van der Waals surface area contributed by atoms with E-state index < -0.39 is 0 Å². The Bertz CT molecular complexity index is 164. The van der Waals surface area contributed by atoms with Crippen molar-refractivity contribution in [1.82, 2.24) is 5.32 Å². The standard InChI is InChI=1S/C9H17NO/c1-6(2)9(7(3)4)5-10-8(9)11/h6-7H,5H2,1-4H3,(H,10,11). The third kappa shape index (κ3) is 0.959. The zero-order valence-electron chi connectivity index (χ0n) is 7.77. The maximum absolute atomic E-state index is 11.3. The SMILES string of the molecule is CC(C)C1(C(C)C)CNC1=O. The van der Waals surface area contributed by atoms with Gasteiger partial charge in [-0.3, -0.25) is 4.79 Å². The van der Waals surface area contributed by atoms with Crippen molar-refractivity contribution >= 4 is 5.91 Å². The van der Waals surface area contributed by atoms with E-state index in [0.717, 1.165) is 6.54 Å². The van der Waals surface area contributed by atoms with Crippen molar-refractivity contribution in [2.24, 2.45) is 17.3 Å². The summed E-state index contributed by atoms with van der Waals surface area (Å²) in [6.07, 6.45) is 0. The fourth-order valence-electron chi connectivity index (χ4n) is 1.96. The number of rotatable bonds is 2. The number of hydrogen-bond acceptors (Lipinski definition) is 1. The lowest BCUT2D eigenvalue weighted by Crippen LogP contribution is -2.64. The van der Waals surface area contributed by atoms with Crippen LogP contribution in [0, 0.1) is 17.3 Å². The Kier molecular flexibility index (Phi) is 1.95. The molecule has 0 aromatic heterocycles. The molecule has 2 nitrogen and oxygen atoms in total. The van der Waals surface area contributed by atoms with Gasteiger partial charge in [-0.05, 0) is 11.8 Å². The van der Waals surface area contributed by atoms with Crippen molar-refractivity contribution in [3.8, 4) is 0 Å². The zero-order valence-corrected chi connectivity index (χ0v) is 7.77. The second-order valence-corrected chi connectivity index (χ2v) is 4.03. The van der Waals surface area contributed by atoms with Crippen LogP contribution in [0.2, 0.25) is 0 Å². The molecule has 0 radical (unpaired) electrons. The topological polar surface area (TPSA) is 29.1 Å². The molecule has 64 valence electrons. The predicted octanol–water partition coefficient (Wildman–Crippen LogP) is 1.41. The Morgan fingerprint density at radius 3 is 1.73 bits per heavy atom. The summed E-state index contributed by atoms with van der Waals surface area (Å²) in [5.41, 5.74) is -0.0694. The molecule has 11 heavy (non-hydrogen) atoms. The van der Waals surface area contributed by atoms with E-state index >= 15 is 0 Å². The third-order valence-electron chi connectivity index (χ3n) is 3.02. The largest absolute Gasteiger partial charge is 0.354 e. The molecule has 0 atom stereocenters. The second kappa shape index (κ2) is 2.50. The molecule has 0 unspecified atom stereocenters. The average molecular weight is 155 g/mol. The van der Waals surface area contributed by atoms with Crippen LogP contribution in [0.4, 0.5) is 0 Å². The van der Waals surface area contributed by atoms with Gasteiger partial charge in [0.25, 0.3) is 0 Å². The van der Waals surface area contributed by atoms with Crippen molar-refractivity contribution in [2.75, 3.05) is 6.54 Å². The zero-order chi connectivity index (χ0) is 8.65. The van der Waals surface area contributed by atoms with Gasteiger partial charge in [0.15, 0.2) is 0 Å². The van der Waals surface area contributed by atoms with Crippen LogP contribution in [-0.4, -0.2) is 12.5 Å². The highest BCUT2D eigenvalue weighted by Gasteiger charge is 2.50. The number of carbonyl (C=O) groups excluding carboxylic acids is 1. The smallest absolute Gasteiger partial charge is 0.228 e. The molecule has 1 amide bonds. The number of hydrogen-bond donors (Lipinski definition) is 1. The maximum atomic E-state index is 11.3. The highest BCUT2D eigenvalue weighted by molar-refractivity contribution is 5.89. The van der Waals surface area contributed by atoms with Gasteiger partial charge in [-0.2, -0.15) is 0 Å². The van der Waals surface area contributed by atoms with Crippen LogP contribution in [-0.2, 0) is 4.79 Å². The van der Waals surface area contributed by atoms with Crippen LogP contribution in [0.3, 0.4) is 0 Å². The summed E-state index contributed by atoms with van der Waals surface area (Å²) in [7, 11) is 0. The van der Waals surface area contributed by atoms with E-state index in [1.807, 2.05) is 0 Å². The summed E-state index contributed by atoms with van der Waals surface area (Å²) >= 11 is 0. The first kappa shape index (κ1) is 8.57. The van der Waals surface area contributed by atoms with Gasteiger partial charge in [0.1, 0.15) is 0 Å². The molecule has 0 aromatic rings. The van der Waals surface area contributed by atoms with E-state index in [-0.39, 0.29) is 11.3 Å². The fraction of sp³-hybridized carbons (Fsp3) is 0.889. The van der Waals surface area contributed by atoms with Crippen molar-refractivity contribution in [3.63, 3.8) is 0 Å². The van der Waals surface area contributed by atoms with Crippen LogP contribution in [0.1, 0.15) is 27.7 Å². The normalized spacial score (nSPS) is 21.8. The highest BCUT2D eigenvalue weighted by atomic mass is 16.2. The minimum absolute atomic E-state index is 0.0694. The fourth-order valence-corrected chi connectivity index (χ4v) is 1.96. The van der Waals surface area contributed by atoms with Gasteiger partial charge in [0.2, 0.25) is 5.91 Å². The van der Waals surface area contributed by atoms with Crippen LogP contribution in [0.5, 0.6) is 0 Å². The molecule has 0 spiro atoms. The Hall–Kier alpha value is -0.530. The number of nitrogens with one attached hydrogen (secondary N) is 1. The van der Waals surface area contributed by atoms with E-state index in [1.54, 1.807) is 0 Å². The molecule has 0 aromatic carbocycles. The first-order valence-electron chi connectivity index (χ1n) is 4.30. The molecule has 2 heteroatoms. The Balaban J connectivity index is 2.81. The first-order chi connectivity index (χ1) is 5.01. The first-order valence-corrected chi connectivity index (χ1v) is 4.30. The van der Waals surface area contributed by atoms with Gasteiger partial charge in [0.05, 0.1) is 5.41 Å². The lowest BCUT2D eigenvalue weighted by atomic mass is 9.64. The molecule has 1 rings (SSSR count). The minimum atomic E-state index is -0.0694. The van der Waals surface area contributed by atoms with Gasteiger partial charge < -0.3 is 5.32 Å². The average Bonchev–Trinajstić information content (AvgIpc) is 1.83. The van der Waals surface area contributed by atoms with Crippen molar-refractivity contribution in [1.29, 1.82) is 0 Å². The Morgan fingerprint density at radius 1 is 1.27 bits per heavy atom. The molecule has 1 heterocycles. The van der Waals surface area contributed by atoms with Crippen molar-refractivity contribution < 1.29 is 4.79 Å². The summed E-state index contributed by atoms with van der Waals surface area (Å²) in [5, 5.41) is 2.82. The van der Waals surface area contributed by atoms with Crippen LogP contribution >= 0.6 is 0 Å².